The Balaban J connectivity index is 2.41. The molecule has 2 heteroatoms. The Morgan fingerprint density at radius 1 is 1.54 bits per heavy atom. The molecule has 1 aromatic carbocycles. The maximum Gasteiger partial charge on any atom is 0.0205 e. The molecule has 0 radical (unpaired) electrons. The number of hydrogen-bond acceptors (Lipinski definition) is 2. The van der Waals surface area contributed by atoms with Crippen LogP contribution in [0.15, 0.2) is 23.1 Å². The van der Waals surface area contributed by atoms with E-state index in [0.29, 0.717) is 0 Å². The Hall–Kier alpha value is -0.470. The first-order valence-corrected chi connectivity index (χ1v) is 5.70. The second-order valence-corrected chi connectivity index (χ2v) is 4.63. The Bertz CT molecular complexity index is 309. The molecule has 70 valence electrons. The molecule has 13 heavy (non-hydrogen) atoms. The van der Waals surface area contributed by atoms with E-state index in [4.69, 9.17) is 0 Å². The zero-order chi connectivity index (χ0) is 9.26. The van der Waals surface area contributed by atoms with Gasteiger partial charge in [-0.3, -0.25) is 0 Å². The van der Waals surface area contributed by atoms with Crippen LogP contribution in [-0.2, 0) is 6.54 Å². The van der Waals surface area contributed by atoms with Gasteiger partial charge in [-0.15, -0.1) is 11.8 Å². The van der Waals surface area contributed by atoms with E-state index in [9.17, 15) is 0 Å². The Morgan fingerprint density at radius 2 is 2.38 bits per heavy atom. The smallest absolute Gasteiger partial charge is 0.0205 e. The molecular weight excluding hydrogens is 178 g/mol. The van der Waals surface area contributed by atoms with Crippen LogP contribution in [0, 0.1) is 0 Å². The topological polar surface area (TPSA) is 12.0 Å². The van der Waals surface area contributed by atoms with E-state index in [1.165, 1.54) is 16.2 Å². The van der Waals surface area contributed by atoms with Crippen LogP contribution < -0.4 is 5.32 Å². The average molecular weight is 193 g/mol. The summed E-state index contributed by atoms with van der Waals surface area (Å²) in [5.74, 6) is 1.97. The summed E-state index contributed by atoms with van der Waals surface area (Å²) in [5.41, 5.74) is 3.04. The molecule has 0 aliphatic carbocycles. The van der Waals surface area contributed by atoms with Crippen LogP contribution in [0.2, 0.25) is 0 Å². The number of nitrogens with one attached hydrogen (secondary N) is 1. The molecule has 1 N–H and O–H groups in total. The first-order chi connectivity index (χ1) is 6.33. The summed E-state index contributed by atoms with van der Waals surface area (Å²) < 4.78 is 0. The van der Waals surface area contributed by atoms with Gasteiger partial charge < -0.3 is 5.32 Å². The molecular formula is C11H15NS. The summed E-state index contributed by atoms with van der Waals surface area (Å²) in [6.07, 6.45) is 0. The highest BCUT2D eigenvalue weighted by Gasteiger charge is 2.21. The van der Waals surface area contributed by atoms with Crippen molar-refractivity contribution in [2.45, 2.75) is 24.3 Å². The lowest BCUT2D eigenvalue weighted by atomic mass is 9.97. The highest BCUT2D eigenvalue weighted by Crippen LogP contribution is 2.40. The first kappa shape index (κ1) is 9.10. The predicted octanol–water partition coefficient (Wildman–Crippen LogP) is 2.62. The molecule has 2 rings (SSSR count). The lowest BCUT2D eigenvalue weighted by molar-refractivity contribution is 0.777. The second kappa shape index (κ2) is 3.72. The van der Waals surface area contributed by atoms with Gasteiger partial charge in [0.1, 0.15) is 0 Å². The minimum atomic E-state index is 0.726. The molecule has 1 aliphatic heterocycles. The van der Waals surface area contributed by atoms with E-state index in [0.717, 1.165) is 12.5 Å². The van der Waals surface area contributed by atoms with Crippen LogP contribution in [0.25, 0.3) is 0 Å². The molecule has 0 spiro atoms. The largest absolute Gasteiger partial charge is 0.316 e. The molecule has 0 fully saturated rings. The van der Waals surface area contributed by atoms with Crippen molar-refractivity contribution in [2.24, 2.45) is 0 Å². The quantitative estimate of drug-likeness (QED) is 0.775. The van der Waals surface area contributed by atoms with E-state index >= 15 is 0 Å². The van der Waals surface area contributed by atoms with E-state index in [1.54, 1.807) is 5.56 Å². The molecule has 0 bridgehead atoms. The zero-order valence-electron chi connectivity index (χ0n) is 8.13. The van der Waals surface area contributed by atoms with Crippen molar-refractivity contribution >= 4 is 11.8 Å². The van der Waals surface area contributed by atoms with Crippen molar-refractivity contribution in [3.63, 3.8) is 0 Å². The molecule has 1 unspecified atom stereocenters. The lowest BCUT2D eigenvalue weighted by Crippen LogP contribution is -2.08. The van der Waals surface area contributed by atoms with Crippen LogP contribution in [0.3, 0.4) is 0 Å². The van der Waals surface area contributed by atoms with E-state index in [1.807, 2.05) is 18.8 Å². The Kier molecular flexibility index (Phi) is 2.61. The summed E-state index contributed by atoms with van der Waals surface area (Å²) in [6, 6.07) is 6.64. The Morgan fingerprint density at radius 3 is 3.15 bits per heavy atom. The monoisotopic (exact) mass is 193 g/mol. The van der Waals surface area contributed by atoms with Gasteiger partial charge in [-0.25, -0.2) is 0 Å². The number of rotatable bonds is 2. The molecule has 1 aliphatic rings. The molecule has 0 aromatic heterocycles. The van der Waals surface area contributed by atoms with Crippen molar-refractivity contribution in [3.05, 3.63) is 29.3 Å². The van der Waals surface area contributed by atoms with Crippen molar-refractivity contribution in [2.75, 3.05) is 12.8 Å². The highest BCUT2D eigenvalue weighted by molar-refractivity contribution is 7.99. The zero-order valence-corrected chi connectivity index (χ0v) is 8.95. The van der Waals surface area contributed by atoms with Crippen molar-refractivity contribution in [1.29, 1.82) is 0 Å². The van der Waals surface area contributed by atoms with E-state index in [2.05, 4.69) is 30.4 Å². The maximum atomic E-state index is 3.22. The van der Waals surface area contributed by atoms with Gasteiger partial charge in [-0.2, -0.15) is 0 Å². The standard InChI is InChI=1S/C11H15NS/c1-8-7-13-10-5-3-4-9(6-12-2)11(8)10/h3-5,8,12H,6-7H2,1-2H3. The number of benzene rings is 1. The SMILES string of the molecule is CNCc1cccc2c1C(C)CS2. The fourth-order valence-corrected chi connectivity index (χ4v) is 3.18. The van der Waals surface area contributed by atoms with Gasteiger partial charge >= 0.3 is 0 Å². The fourth-order valence-electron chi connectivity index (χ4n) is 1.92. The van der Waals surface area contributed by atoms with Crippen molar-refractivity contribution in [1.82, 2.24) is 5.32 Å². The maximum absolute atomic E-state index is 3.22. The van der Waals surface area contributed by atoms with Crippen LogP contribution >= 0.6 is 11.8 Å². The molecule has 1 atom stereocenters. The predicted molar refractivity (Wildman–Crippen MR) is 58.3 cm³/mol. The molecule has 1 heterocycles. The summed E-state index contributed by atoms with van der Waals surface area (Å²) >= 11 is 1.99. The van der Waals surface area contributed by atoms with Gasteiger partial charge in [0.15, 0.2) is 0 Å². The fraction of sp³-hybridized carbons (Fsp3) is 0.455. The van der Waals surface area contributed by atoms with Crippen LogP contribution in [0.1, 0.15) is 24.0 Å². The third-order valence-corrected chi connectivity index (χ3v) is 3.84. The normalized spacial score (nSPS) is 20.3. The number of thioether (sulfide) groups is 1. The minimum absolute atomic E-state index is 0.726. The van der Waals surface area contributed by atoms with Crippen molar-refractivity contribution in [3.8, 4) is 0 Å². The summed E-state index contributed by atoms with van der Waals surface area (Å²) in [5, 5.41) is 3.22. The van der Waals surface area contributed by atoms with Gasteiger partial charge in [0, 0.05) is 17.2 Å². The van der Waals surface area contributed by atoms with Crippen LogP contribution in [0.4, 0.5) is 0 Å². The summed E-state index contributed by atoms with van der Waals surface area (Å²) in [4.78, 5) is 1.49. The molecule has 0 saturated carbocycles. The molecule has 0 amide bonds. The first-order valence-electron chi connectivity index (χ1n) is 4.72. The van der Waals surface area contributed by atoms with Crippen LogP contribution in [0.5, 0.6) is 0 Å². The third kappa shape index (κ3) is 1.61. The van der Waals surface area contributed by atoms with Gasteiger partial charge in [0.2, 0.25) is 0 Å². The number of fused-ring (bicyclic) bond motifs is 1. The minimum Gasteiger partial charge on any atom is -0.316 e. The molecule has 1 nitrogen and oxygen atoms in total. The average Bonchev–Trinajstić information content (AvgIpc) is 2.50. The van der Waals surface area contributed by atoms with Crippen molar-refractivity contribution < 1.29 is 0 Å². The molecule has 0 saturated heterocycles. The molecule has 1 aromatic rings. The van der Waals surface area contributed by atoms with Gasteiger partial charge in [0.25, 0.3) is 0 Å². The summed E-state index contributed by atoms with van der Waals surface area (Å²) in [6.45, 7) is 3.31. The van der Waals surface area contributed by atoms with Crippen LogP contribution in [-0.4, -0.2) is 12.8 Å². The number of hydrogen-bond donors (Lipinski definition) is 1. The van der Waals surface area contributed by atoms with E-state index in [-0.39, 0.29) is 0 Å². The third-order valence-electron chi connectivity index (χ3n) is 2.51. The summed E-state index contributed by atoms with van der Waals surface area (Å²) in [7, 11) is 2.01. The van der Waals surface area contributed by atoms with Gasteiger partial charge in [-0.05, 0) is 30.2 Å². The van der Waals surface area contributed by atoms with Gasteiger partial charge in [-0.1, -0.05) is 19.1 Å². The second-order valence-electron chi connectivity index (χ2n) is 3.57. The van der Waals surface area contributed by atoms with E-state index < -0.39 is 0 Å². The Labute approximate surface area is 83.9 Å². The lowest BCUT2D eigenvalue weighted by Gasteiger charge is -2.10. The van der Waals surface area contributed by atoms with Gasteiger partial charge in [0.05, 0.1) is 0 Å². The highest BCUT2D eigenvalue weighted by atomic mass is 32.2.